The number of benzene rings is 3. The van der Waals surface area contributed by atoms with Crippen LogP contribution in [0.4, 0.5) is 0 Å². The van der Waals surface area contributed by atoms with Gasteiger partial charge in [0.05, 0.1) is 7.11 Å². The summed E-state index contributed by atoms with van der Waals surface area (Å²) in [6.07, 6.45) is 0. The van der Waals surface area contributed by atoms with Gasteiger partial charge in [-0.05, 0) is 49.2 Å². The van der Waals surface area contributed by atoms with E-state index >= 15 is 0 Å². The van der Waals surface area contributed by atoms with Crippen LogP contribution in [0.1, 0.15) is 11.4 Å². The first-order valence-corrected chi connectivity index (χ1v) is 9.18. The van der Waals surface area contributed by atoms with Crippen molar-refractivity contribution in [2.45, 2.75) is 13.8 Å². The molecule has 27 heavy (non-hydrogen) atoms. The fourth-order valence-electron chi connectivity index (χ4n) is 3.87. The van der Waals surface area contributed by atoms with Crippen LogP contribution in [0, 0.1) is 13.8 Å². The number of aromatic nitrogens is 1. The van der Waals surface area contributed by atoms with Crippen LogP contribution < -0.4 is 4.74 Å². The molecule has 4 aromatic rings. The Morgan fingerprint density at radius 3 is 1.44 bits per heavy atom. The van der Waals surface area contributed by atoms with E-state index < -0.39 is 0 Å². The summed E-state index contributed by atoms with van der Waals surface area (Å²) >= 11 is 0. The first kappa shape index (κ1) is 17.2. The zero-order valence-corrected chi connectivity index (χ0v) is 15.9. The van der Waals surface area contributed by atoms with Gasteiger partial charge in [-0.1, -0.05) is 60.7 Å². The Morgan fingerprint density at radius 1 is 0.593 bits per heavy atom. The standard InChI is InChI=1S/C25H23NO/c1-18-24(20-10-6-4-7-11-20)25(21-12-8-5-9-13-21)19(2)26(18)22-14-16-23(27-3)17-15-22/h4-17H,1-3H3. The van der Waals surface area contributed by atoms with E-state index in [1.807, 2.05) is 12.1 Å². The molecule has 0 fully saturated rings. The quantitative estimate of drug-likeness (QED) is 0.412. The topological polar surface area (TPSA) is 14.2 Å². The summed E-state index contributed by atoms with van der Waals surface area (Å²) in [6, 6.07) is 29.5. The lowest BCUT2D eigenvalue weighted by Crippen LogP contribution is -1.99. The van der Waals surface area contributed by atoms with Crippen molar-refractivity contribution in [3.63, 3.8) is 0 Å². The van der Waals surface area contributed by atoms with Gasteiger partial charge in [-0.3, -0.25) is 0 Å². The number of hydrogen-bond acceptors (Lipinski definition) is 1. The molecule has 1 heterocycles. The molecule has 0 atom stereocenters. The SMILES string of the molecule is COc1ccc(-n2c(C)c(-c3ccccc3)c(-c3ccccc3)c2C)cc1. The minimum absolute atomic E-state index is 0.868. The third-order valence-corrected chi connectivity index (χ3v) is 5.10. The van der Waals surface area contributed by atoms with Crippen molar-refractivity contribution in [2.75, 3.05) is 7.11 Å². The van der Waals surface area contributed by atoms with E-state index in [0.717, 1.165) is 11.4 Å². The van der Waals surface area contributed by atoms with Crippen molar-refractivity contribution in [1.29, 1.82) is 0 Å². The third-order valence-electron chi connectivity index (χ3n) is 5.10. The predicted molar refractivity (Wildman–Crippen MR) is 113 cm³/mol. The highest BCUT2D eigenvalue weighted by molar-refractivity contribution is 5.88. The predicted octanol–water partition coefficient (Wildman–Crippen LogP) is 6.44. The van der Waals surface area contributed by atoms with Crippen molar-refractivity contribution in [3.8, 4) is 33.7 Å². The summed E-state index contributed by atoms with van der Waals surface area (Å²) in [5.74, 6) is 0.868. The van der Waals surface area contributed by atoms with E-state index in [2.05, 4.69) is 91.2 Å². The Labute approximate surface area is 160 Å². The summed E-state index contributed by atoms with van der Waals surface area (Å²) in [5.41, 5.74) is 8.68. The molecule has 3 aromatic carbocycles. The number of ether oxygens (including phenoxy) is 1. The van der Waals surface area contributed by atoms with Crippen molar-refractivity contribution < 1.29 is 4.74 Å². The zero-order chi connectivity index (χ0) is 18.8. The lowest BCUT2D eigenvalue weighted by Gasteiger charge is -2.11. The Bertz CT molecular complexity index is 982. The van der Waals surface area contributed by atoms with E-state index in [0.29, 0.717) is 0 Å². The molecule has 0 aliphatic heterocycles. The van der Waals surface area contributed by atoms with E-state index in [1.54, 1.807) is 7.11 Å². The molecule has 0 bridgehead atoms. The average molecular weight is 353 g/mol. The van der Waals surface area contributed by atoms with Crippen LogP contribution >= 0.6 is 0 Å². The molecule has 2 heteroatoms. The van der Waals surface area contributed by atoms with Crippen LogP contribution in [0.25, 0.3) is 27.9 Å². The van der Waals surface area contributed by atoms with Crippen LogP contribution in [-0.2, 0) is 0 Å². The van der Waals surface area contributed by atoms with Crippen molar-refractivity contribution in [1.82, 2.24) is 4.57 Å². The second-order valence-corrected chi connectivity index (χ2v) is 6.69. The summed E-state index contributed by atoms with van der Waals surface area (Å²) in [5, 5.41) is 0. The summed E-state index contributed by atoms with van der Waals surface area (Å²) in [7, 11) is 1.70. The van der Waals surface area contributed by atoms with Gasteiger partial charge in [0.15, 0.2) is 0 Å². The van der Waals surface area contributed by atoms with Crippen LogP contribution in [0.15, 0.2) is 84.9 Å². The van der Waals surface area contributed by atoms with Gasteiger partial charge in [0, 0.05) is 28.2 Å². The van der Waals surface area contributed by atoms with Gasteiger partial charge in [0.25, 0.3) is 0 Å². The van der Waals surface area contributed by atoms with Gasteiger partial charge in [-0.2, -0.15) is 0 Å². The molecular formula is C25H23NO. The first-order valence-electron chi connectivity index (χ1n) is 9.18. The van der Waals surface area contributed by atoms with E-state index in [4.69, 9.17) is 4.74 Å². The third kappa shape index (κ3) is 3.04. The highest BCUT2D eigenvalue weighted by Crippen LogP contribution is 2.40. The second-order valence-electron chi connectivity index (χ2n) is 6.69. The molecule has 4 rings (SSSR count). The van der Waals surface area contributed by atoms with Gasteiger partial charge in [0.2, 0.25) is 0 Å². The fraction of sp³-hybridized carbons (Fsp3) is 0.120. The van der Waals surface area contributed by atoms with Crippen molar-refractivity contribution >= 4 is 0 Å². The zero-order valence-electron chi connectivity index (χ0n) is 15.9. The maximum absolute atomic E-state index is 5.32. The van der Waals surface area contributed by atoms with E-state index in [-0.39, 0.29) is 0 Å². The maximum atomic E-state index is 5.32. The number of methoxy groups -OCH3 is 1. The van der Waals surface area contributed by atoms with E-state index in [1.165, 1.54) is 33.6 Å². The average Bonchev–Trinajstić information content (AvgIpc) is 2.99. The largest absolute Gasteiger partial charge is 0.497 e. The molecule has 1 aromatic heterocycles. The molecule has 0 saturated heterocycles. The molecule has 2 nitrogen and oxygen atoms in total. The van der Waals surface area contributed by atoms with Crippen molar-refractivity contribution in [2.24, 2.45) is 0 Å². The Morgan fingerprint density at radius 2 is 1.04 bits per heavy atom. The lowest BCUT2D eigenvalue weighted by molar-refractivity contribution is 0.414. The molecule has 0 aliphatic rings. The van der Waals surface area contributed by atoms with Crippen LogP contribution in [0.3, 0.4) is 0 Å². The van der Waals surface area contributed by atoms with Crippen LogP contribution in [0.5, 0.6) is 5.75 Å². The van der Waals surface area contributed by atoms with Gasteiger partial charge >= 0.3 is 0 Å². The minimum Gasteiger partial charge on any atom is -0.497 e. The number of hydrogen-bond donors (Lipinski definition) is 0. The maximum Gasteiger partial charge on any atom is 0.119 e. The highest BCUT2D eigenvalue weighted by Gasteiger charge is 2.21. The number of rotatable bonds is 4. The molecule has 0 unspecified atom stereocenters. The number of nitrogens with zero attached hydrogens (tertiary/aromatic N) is 1. The van der Waals surface area contributed by atoms with Gasteiger partial charge in [-0.25, -0.2) is 0 Å². The van der Waals surface area contributed by atoms with Crippen LogP contribution in [0.2, 0.25) is 0 Å². The van der Waals surface area contributed by atoms with Crippen molar-refractivity contribution in [3.05, 3.63) is 96.3 Å². The normalized spacial score (nSPS) is 10.8. The second kappa shape index (κ2) is 7.16. The smallest absolute Gasteiger partial charge is 0.119 e. The van der Waals surface area contributed by atoms with Crippen LogP contribution in [-0.4, -0.2) is 11.7 Å². The summed E-state index contributed by atoms with van der Waals surface area (Å²) in [6.45, 7) is 4.40. The Hall–Kier alpha value is -3.26. The van der Waals surface area contributed by atoms with Gasteiger partial charge in [-0.15, -0.1) is 0 Å². The van der Waals surface area contributed by atoms with E-state index in [9.17, 15) is 0 Å². The molecule has 0 radical (unpaired) electrons. The van der Waals surface area contributed by atoms with Gasteiger partial charge < -0.3 is 9.30 Å². The monoisotopic (exact) mass is 353 g/mol. The molecule has 0 N–H and O–H groups in total. The first-order chi connectivity index (χ1) is 13.2. The molecule has 0 saturated carbocycles. The summed E-state index contributed by atoms with van der Waals surface area (Å²) < 4.78 is 7.66. The molecule has 134 valence electrons. The molecule has 0 amide bonds. The fourth-order valence-corrected chi connectivity index (χ4v) is 3.87. The highest BCUT2D eigenvalue weighted by atomic mass is 16.5. The molecule has 0 spiro atoms. The minimum atomic E-state index is 0.868. The Kier molecular flexibility index (Phi) is 4.55. The molecule has 0 aliphatic carbocycles. The lowest BCUT2D eigenvalue weighted by atomic mass is 9.95. The Balaban J connectivity index is 2.00. The van der Waals surface area contributed by atoms with Gasteiger partial charge in [0.1, 0.15) is 5.75 Å². The summed E-state index contributed by atoms with van der Waals surface area (Å²) in [4.78, 5) is 0. The molecular weight excluding hydrogens is 330 g/mol.